The summed E-state index contributed by atoms with van der Waals surface area (Å²) >= 11 is 2.21. The van der Waals surface area contributed by atoms with Crippen LogP contribution in [0.5, 0.6) is 0 Å². The summed E-state index contributed by atoms with van der Waals surface area (Å²) in [6.45, 7) is 1.96. The minimum absolute atomic E-state index is 0.0269. The molecule has 14 heavy (non-hydrogen) atoms. The Hall–Kier alpha value is -0.620. The third-order valence-electron chi connectivity index (χ3n) is 2.10. The third kappa shape index (κ3) is 2.68. The van der Waals surface area contributed by atoms with Crippen LogP contribution in [0.1, 0.15) is 23.6 Å². The monoisotopic (exact) mass is 305 g/mol. The molecule has 0 saturated heterocycles. The van der Waals surface area contributed by atoms with Crippen molar-refractivity contribution < 1.29 is 9.90 Å². The highest BCUT2D eigenvalue weighted by Crippen LogP contribution is 2.22. The van der Waals surface area contributed by atoms with Crippen LogP contribution in [-0.4, -0.2) is 11.1 Å². The van der Waals surface area contributed by atoms with Crippen LogP contribution in [0, 0.1) is 10.5 Å². The van der Waals surface area contributed by atoms with E-state index in [-0.39, 0.29) is 6.42 Å². The van der Waals surface area contributed by atoms with Crippen LogP contribution >= 0.6 is 22.6 Å². The molecule has 1 atom stereocenters. The first-order valence-corrected chi connectivity index (χ1v) is 5.32. The van der Waals surface area contributed by atoms with E-state index >= 15 is 0 Å². The van der Waals surface area contributed by atoms with Crippen LogP contribution in [0.2, 0.25) is 0 Å². The molecule has 0 radical (unpaired) electrons. The van der Waals surface area contributed by atoms with Crippen molar-refractivity contribution in [2.45, 2.75) is 19.4 Å². The fourth-order valence-electron chi connectivity index (χ4n) is 1.32. The van der Waals surface area contributed by atoms with E-state index in [1.165, 1.54) is 0 Å². The molecular weight excluding hydrogens is 293 g/mol. The van der Waals surface area contributed by atoms with Gasteiger partial charge >= 0.3 is 5.97 Å². The lowest BCUT2D eigenvalue weighted by atomic mass is 10.00. The van der Waals surface area contributed by atoms with Crippen LogP contribution in [0.25, 0.3) is 0 Å². The summed E-state index contributed by atoms with van der Waals surface area (Å²) in [5.74, 6) is -0.865. The first-order chi connectivity index (χ1) is 6.52. The number of carboxylic acids is 1. The molecule has 0 spiro atoms. The number of benzene rings is 1. The van der Waals surface area contributed by atoms with Crippen LogP contribution in [-0.2, 0) is 4.79 Å². The van der Waals surface area contributed by atoms with Crippen LogP contribution in [0.3, 0.4) is 0 Å². The van der Waals surface area contributed by atoms with Crippen LogP contribution in [0.15, 0.2) is 18.2 Å². The number of carboxylic acid groups (broad SMARTS) is 1. The normalized spacial score (nSPS) is 12.5. The predicted molar refractivity (Wildman–Crippen MR) is 63.1 cm³/mol. The van der Waals surface area contributed by atoms with Crippen molar-refractivity contribution in [1.82, 2.24) is 0 Å². The molecule has 1 aromatic rings. The smallest absolute Gasteiger partial charge is 0.305 e. The van der Waals surface area contributed by atoms with E-state index in [0.717, 1.165) is 14.7 Å². The van der Waals surface area contributed by atoms with Gasteiger partial charge in [-0.1, -0.05) is 12.1 Å². The van der Waals surface area contributed by atoms with Crippen molar-refractivity contribution in [2.75, 3.05) is 0 Å². The maximum atomic E-state index is 10.5. The summed E-state index contributed by atoms with van der Waals surface area (Å²) in [7, 11) is 0. The van der Waals surface area contributed by atoms with Crippen LogP contribution in [0.4, 0.5) is 0 Å². The van der Waals surface area contributed by atoms with Gasteiger partial charge in [-0.3, -0.25) is 4.79 Å². The molecule has 0 aliphatic heterocycles. The average Bonchev–Trinajstić information content (AvgIpc) is 2.08. The number of halogens is 1. The molecule has 1 aromatic carbocycles. The molecule has 76 valence electrons. The van der Waals surface area contributed by atoms with E-state index in [9.17, 15) is 4.79 Å². The Bertz CT molecular complexity index is 352. The molecule has 4 heteroatoms. The quantitative estimate of drug-likeness (QED) is 0.840. The molecule has 0 fully saturated rings. The van der Waals surface area contributed by atoms with Gasteiger partial charge in [0.15, 0.2) is 0 Å². The minimum Gasteiger partial charge on any atom is -0.481 e. The fraction of sp³-hybridized carbons (Fsp3) is 0.300. The van der Waals surface area contributed by atoms with Gasteiger partial charge in [0.25, 0.3) is 0 Å². The van der Waals surface area contributed by atoms with Gasteiger partial charge < -0.3 is 10.8 Å². The zero-order chi connectivity index (χ0) is 10.7. The van der Waals surface area contributed by atoms with Gasteiger partial charge in [-0.05, 0) is 46.7 Å². The number of aliphatic carboxylic acids is 1. The van der Waals surface area contributed by atoms with E-state index in [2.05, 4.69) is 22.6 Å². The Morgan fingerprint density at radius 1 is 1.64 bits per heavy atom. The highest BCUT2D eigenvalue weighted by atomic mass is 127. The number of carbonyl (C=O) groups is 1. The van der Waals surface area contributed by atoms with E-state index in [4.69, 9.17) is 10.8 Å². The second kappa shape index (κ2) is 4.75. The van der Waals surface area contributed by atoms with Crippen molar-refractivity contribution in [3.8, 4) is 0 Å². The van der Waals surface area contributed by atoms with Crippen molar-refractivity contribution in [1.29, 1.82) is 0 Å². The Labute approximate surface area is 96.4 Å². The lowest BCUT2D eigenvalue weighted by Crippen LogP contribution is -2.16. The zero-order valence-corrected chi connectivity index (χ0v) is 9.98. The van der Waals surface area contributed by atoms with Gasteiger partial charge in [-0.2, -0.15) is 0 Å². The molecule has 0 amide bonds. The number of hydrogen-bond acceptors (Lipinski definition) is 2. The highest BCUT2D eigenvalue weighted by Gasteiger charge is 2.13. The van der Waals surface area contributed by atoms with Gasteiger partial charge in [0.1, 0.15) is 0 Å². The number of nitrogens with two attached hydrogens (primary N) is 1. The molecule has 0 bridgehead atoms. The first kappa shape index (κ1) is 11.5. The summed E-state index contributed by atoms with van der Waals surface area (Å²) in [5, 5.41) is 8.62. The van der Waals surface area contributed by atoms with Gasteiger partial charge in [0.05, 0.1) is 6.42 Å². The van der Waals surface area contributed by atoms with Crippen molar-refractivity contribution in [2.24, 2.45) is 5.73 Å². The summed E-state index contributed by atoms with van der Waals surface area (Å²) in [4.78, 5) is 10.5. The molecule has 1 unspecified atom stereocenters. The summed E-state index contributed by atoms with van der Waals surface area (Å²) in [6, 6.07) is 5.34. The van der Waals surface area contributed by atoms with Crippen molar-refractivity contribution >= 4 is 28.6 Å². The number of rotatable bonds is 3. The summed E-state index contributed by atoms with van der Waals surface area (Å²) in [6.07, 6.45) is -0.0269. The summed E-state index contributed by atoms with van der Waals surface area (Å²) in [5.41, 5.74) is 7.77. The second-order valence-corrected chi connectivity index (χ2v) is 4.32. The van der Waals surface area contributed by atoms with E-state index in [0.29, 0.717) is 0 Å². The topological polar surface area (TPSA) is 63.3 Å². The minimum atomic E-state index is -0.865. The zero-order valence-electron chi connectivity index (χ0n) is 7.83. The standard InChI is InChI=1S/C10H12INO2/c1-6-7(3-2-4-8(6)11)9(12)5-10(13)14/h2-4,9H,5,12H2,1H3,(H,13,14). The van der Waals surface area contributed by atoms with Gasteiger partial charge in [-0.25, -0.2) is 0 Å². The Balaban J connectivity index is 2.95. The van der Waals surface area contributed by atoms with Gasteiger partial charge in [0, 0.05) is 9.61 Å². The predicted octanol–water partition coefficient (Wildman–Crippen LogP) is 2.07. The van der Waals surface area contributed by atoms with Crippen LogP contribution < -0.4 is 5.73 Å². The molecule has 0 aliphatic carbocycles. The van der Waals surface area contributed by atoms with Gasteiger partial charge in [0.2, 0.25) is 0 Å². The maximum Gasteiger partial charge on any atom is 0.305 e. The van der Waals surface area contributed by atoms with E-state index < -0.39 is 12.0 Å². The second-order valence-electron chi connectivity index (χ2n) is 3.16. The Kier molecular flexibility index (Phi) is 3.88. The molecule has 3 N–H and O–H groups in total. The lowest BCUT2D eigenvalue weighted by Gasteiger charge is -2.13. The largest absolute Gasteiger partial charge is 0.481 e. The Morgan fingerprint density at radius 3 is 2.86 bits per heavy atom. The fourth-order valence-corrected chi connectivity index (χ4v) is 1.84. The van der Waals surface area contributed by atoms with E-state index in [1.807, 2.05) is 25.1 Å². The lowest BCUT2D eigenvalue weighted by molar-refractivity contribution is -0.137. The number of hydrogen-bond donors (Lipinski definition) is 2. The molecule has 0 aromatic heterocycles. The third-order valence-corrected chi connectivity index (χ3v) is 3.27. The van der Waals surface area contributed by atoms with Gasteiger partial charge in [-0.15, -0.1) is 0 Å². The van der Waals surface area contributed by atoms with Crippen molar-refractivity contribution in [3.05, 3.63) is 32.9 Å². The average molecular weight is 305 g/mol. The molecule has 0 aliphatic rings. The Morgan fingerprint density at radius 2 is 2.29 bits per heavy atom. The highest BCUT2D eigenvalue weighted by molar-refractivity contribution is 14.1. The molecule has 0 heterocycles. The molecule has 0 saturated carbocycles. The SMILES string of the molecule is Cc1c(I)cccc1C(N)CC(=O)O. The first-order valence-electron chi connectivity index (χ1n) is 4.24. The summed E-state index contributed by atoms with van der Waals surface area (Å²) < 4.78 is 1.11. The maximum absolute atomic E-state index is 10.5. The van der Waals surface area contributed by atoms with Crippen molar-refractivity contribution in [3.63, 3.8) is 0 Å². The van der Waals surface area contributed by atoms with E-state index in [1.54, 1.807) is 0 Å². The molecular formula is C10H12INO2. The molecule has 3 nitrogen and oxygen atoms in total. The molecule has 1 rings (SSSR count).